The molecule has 8 heteroatoms. The largest absolute Gasteiger partial charge is 0.497 e. The average molecular weight is 478 g/mol. The number of nitrogens with one attached hydrogen (secondary N) is 2. The number of methoxy groups -OCH3 is 1. The standard InChI is InChI=1S/C26H28ClN5O2/c1-4-5-13-24-29-23-15-22(31-26(33)30-21-12-7-6-11-20(21)27)17(2)28-25(23)32(24)16-18-9-8-10-19(14-18)34-3/h6-12,14-15H,4-5,13,16H2,1-3H3,(H2,30,31,33). The molecule has 0 bridgehead atoms. The SMILES string of the molecule is CCCCc1nc2cc(NC(=O)Nc3ccccc3Cl)c(C)nc2n1Cc1cccc(OC)c1. The van der Waals surface area contributed by atoms with E-state index in [9.17, 15) is 4.79 Å². The van der Waals surface area contributed by atoms with Crippen molar-refractivity contribution in [3.8, 4) is 5.75 Å². The van der Waals surface area contributed by atoms with Gasteiger partial charge in [0.25, 0.3) is 0 Å². The number of para-hydroxylation sites is 1. The maximum Gasteiger partial charge on any atom is 0.323 e. The molecule has 34 heavy (non-hydrogen) atoms. The lowest BCUT2D eigenvalue weighted by Crippen LogP contribution is -2.20. The van der Waals surface area contributed by atoms with Crippen molar-refractivity contribution in [2.75, 3.05) is 17.7 Å². The third kappa shape index (κ3) is 5.31. The third-order valence-corrected chi connectivity index (χ3v) is 5.92. The van der Waals surface area contributed by atoms with Crippen molar-refractivity contribution >= 4 is 40.2 Å². The van der Waals surface area contributed by atoms with E-state index in [0.717, 1.165) is 47.6 Å². The summed E-state index contributed by atoms with van der Waals surface area (Å²) in [7, 11) is 1.67. The predicted molar refractivity (Wildman–Crippen MR) is 137 cm³/mol. The van der Waals surface area contributed by atoms with Gasteiger partial charge in [0.1, 0.15) is 17.1 Å². The number of carbonyl (C=O) groups excluding carboxylic acids is 1. The molecule has 0 atom stereocenters. The van der Waals surface area contributed by atoms with Gasteiger partial charge in [0.2, 0.25) is 0 Å². The zero-order valence-corrected chi connectivity index (χ0v) is 20.3. The van der Waals surface area contributed by atoms with E-state index >= 15 is 0 Å². The Labute approximate surface area is 204 Å². The number of benzene rings is 2. The van der Waals surface area contributed by atoms with Crippen LogP contribution >= 0.6 is 11.6 Å². The van der Waals surface area contributed by atoms with Gasteiger partial charge in [-0.05, 0) is 49.2 Å². The number of rotatable bonds is 8. The second-order valence-electron chi connectivity index (χ2n) is 8.09. The lowest BCUT2D eigenvalue weighted by molar-refractivity contribution is 0.262. The first-order chi connectivity index (χ1) is 16.5. The number of pyridine rings is 1. The number of hydrogen-bond donors (Lipinski definition) is 2. The molecule has 2 amide bonds. The Morgan fingerprint density at radius 2 is 1.85 bits per heavy atom. The van der Waals surface area contributed by atoms with Crippen molar-refractivity contribution in [1.29, 1.82) is 0 Å². The minimum atomic E-state index is -0.389. The van der Waals surface area contributed by atoms with Gasteiger partial charge in [-0.1, -0.05) is 49.2 Å². The Morgan fingerprint density at radius 1 is 1.06 bits per heavy atom. The Bertz CT molecular complexity index is 1320. The van der Waals surface area contributed by atoms with Crippen molar-refractivity contribution < 1.29 is 9.53 Å². The van der Waals surface area contributed by atoms with Gasteiger partial charge in [-0.2, -0.15) is 0 Å². The molecular formula is C26H28ClN5O2. The van der Waals surface area contributed by atoms with Crippen LogP contribution in [0.3, 0.4) is 0 Å². The molecule has 2 aromatic carbocycles. The molecule has 7 nitrogen and oxygen atoms in total. The first kappa shape index (κ1) is 23.6. The highest BCUT2D eigenvalue weighted by Crippen LogP contribution is 2.25. The van der Waals surface area contributed by atoms with E-state index in [2.05, 4.69) is 28.2 Å². The molecule has 0 aliphatic rings. The molecule has 2 aromatic heterocycles. The molecule has 0 radical (unpaired) electrons. The van der Waals surface area contributed by atoms with Crippen LogP contribution in [0.2, 0.25) is 5.02 Å². The van der Waals surface area contributed by atoms with Crippen LogP contribution in [-0.4, -0.2) is 27.7 Å². The van der Waals surface area contributed by atoms with E-state index in [-0.39, 0.29) is 6.03 Å². The number of fused-ring (bicyclic) bond motifs is 1. The number of ether oxygens (including phenoxy) is 1. The lowest BCUT2D eigenvalue weighted by Gasteiger charge is -2.12. The minimum Gasteiger partial charge on any atom is -0.497 e. The van der Waals surface area contributed by atoms with Gasteiger partial charge in [0, 0.05) is 6.42 Å². The van der Waals surface area contributed by atoms with Gasteiger partial charge in [0.15, 0.2) is 5.65 Å². The van der Waals surface area contributed by atoms with E-state index in [1.54, 1.807) is 19.2 Å². The highest BCUT2D eigenvalue weighted by Gasteiger charge is 2.16. The van der Waals surface area contributed by atoms with E-state index in [1.807, 2.05) is 43.3 Å². The smallest absolute Gasteiger partial charge is 0.323 e. The van der Waals surface area contributed by atoms with Crippen molar-refractivity contribution in [2.24, 2.45) is 0 Å². The fraction of sp³-hybridized carbons (Fsp3) is 0.269. The molecule has 0 aliphatic heterocycles. The Hall–Kier alpha value is -3.58. The highest BCUT2D eigenvalue weighted by molar-refractivity contribution is 6.33. The van der Waals surface area contributed by atoms with Crippen LogP contribution in [0.1, 0.15) is 36.8 Å². The maximum atomic E-state index is 12.6. The van der Waals surface area contributed by atoms with Crippen LogP contribution in [0, 0.1) is 6.92 Å². The fourth-order valence-corrected chi connectivity index (χ4v) is 3.98. The van der Waals surface area contributed by atoms with Crippen LogP contribution in [0.5, 0.6) is 5.75 Å². The van der Waals surface area contributed by atoms with Gasteiger partial charge in [-0.3, -0.25) is 0 Å². The summed E-state index contributed by atoms with van der Waals surface area (Å²) in [6.45, 7) is 4.68. The Morgan fingerprint density at radius 3 is 2.62 bits per heavy atom. The first-order valence-electron chi connectivity index (χ1n) is 11.3. The predicted octanol–water partition coefficient (Wildman–Crippen LogP) is 6.44. The molecule has 176 valence electrons. The lowest BCUT2D eigenvalue weighted by atomic mass is 10.2. The molecule has 0 saturated carbocycles. The van der Waals surface area contributed by atoms with Gasteiger partial charge < -0.3 is 19.9 Å². The number of anilines is 2. The van der Waals surface area contributed by atoms with Gasteiger partial charge in [0.05, 0.1) is 35.7 Å². The summed E-state index contributed by atoms with van der Waals surface area (Å²) in [4.78, 5) is 22.3. The van der Waals surface area contributed by atoms with Crippen LogP contribution in [-0.2, 0) is 13.0 Å². The minimum absolute atomic E-state index is 0.389. The summed E-state index contributed by atoms with van der Waals surface area (Å²) in [6, 6.07) is 16.6. The van der Waals surface area contributed by atoms with Crippen molar-refractivity contribution in [3.63, 3.8) is 0 Å². The number of urea groups is 1. The number of hydrogen-bond acceptors (Lipinski definition) is 4. The monoisotopic (exact) mass is 477 g/mol. The van der Waals surface area contributed by atoms with Crippen LogP contribution in [0.4, 0.5) is 16.2 Å². The summed E-state index contributed by atoms with van der Waals surface area (Å²) >= 11 is 6.15. The molecular weight excluding hydrogens is 450 g/mol. The fourth-order valence-electron chi connectivity index (χ4n) is 3.79. The number of aromatic nitrogens is 3. The number of imidazole rings is 1. The average Bonchev–Trinajstić information content (AvgIpc) is 3.15. The van der Waals surface area contributed by atoms with E-state index in [0.29, 0.717) is 28.6 Å². The maximum absolute atomic E-state index is 12.6. The molecule has 0 saturated heterocycles. The van der Waals surface area contributed by atoms with E-state index < -0.39 is 0 Å². The molecule has 2 heterocycles. The van der Waals surface area contributed by atoms with E-state index in [1.165, 1.54) is 0 Å². The second kappa shape index (κ2) is 10.6. The summed E-state index contributed by atoms with van der Waals surface area (Å²) in [5.41, 5.74) is 4.49. The molecule has 0 aliphatic carbocycles. The summed E-state index contributed by atoms with van der Waals surface area (Å²) in [5, 5.41) is 6.12. The number of nitrogens with zero attached hydrogens (tertiary/aromatic N) is 3. The quantitative estimate of drug-likeness (QED) is 0.306. The number of carbonyl (C=O) groups is 1. The normalized spacial score (nSPS) is 10.9. The highest BCUT2D eigenvalue weighted by atomic mass is 35.5. The zero-order chi connectivity index (χ0) is 24.1. The van der Waals surface area contributed by atoms with Crippen molar-refractivity contribution in [3.05, 3.63) is 76.7 Å². The van der Waals surface area contributed by atoms with Crippen LogP contribution < -0.4 is 15.4 Å². The Kier molecular flexibility index (Phi) is 7.33. The number of amides is 2. The van der Waals surface area contributed by atoms with Crippen LogP contribution in [0.15, 0.2) is 54.6 Å². The second-order valence-corrected chi connectivity index (χ2v) is 8.50. The topological polar surface area (TPSA) is 81.1 Å². The summed E-state index contributed by atoms with van der Waals surface area (Å²) in [6.07, 6.45) is 2.96. The Balaban J connectivity index is 1.64. The van der Waals surface area contributed by atoms with Crippen molar-refractivity contribution in [1.82, 2.24) is 14.5 Å². The van der Waals surface area contributed by atoms with Crippen molar-refractivity contribution in [2.45, 2.75) is 39.7 Å². The summed E-state index contributed by atoms with van der Waals surface area (Å²) < 4.78 is 7.54. The van der Waals surface area contributed by atoms with Gasteiger partial charge in [-0.25, -0.2) is 14.8 Å². The molecule has 0 spiro atoms. The van der Waals surface area contributed by atoms with Gasteiger partial charge >= 0.3 is 6.03 Å². The molecule has 4 aromatic rings. The van der Waals surface area contributed by atoms with E-state index in [4.69, 9.17) is 26.3 Å². The molecule has 4 rings (SSSR count). The third-order valence-electron chi connectivity index (χ3n) is 5.59. The molecule has 0 fully saturated rings. The first-order valence-corrected chi connectivity index (χ1v) is 11.7. The molecule has 0 unspecified atom stereocenters. The zero-order valence-electron chi connectivity index (χ0n) is 19.6. The molecule has 2 N–H and O–H groups in total. The van der Waals surface area contributed by atoms with Gasteiger partial charge in [-0.15, -0.1) is 0 Å². The number of halogens is 1. The number of unbranched alkanes of at least 4 members (excludes halogenated alkanes) is 1. The van der Waals surface area contributed by atoms with Crippen LogP contribution in [0.25, 0.3) is 11.2 Å². The number of aryl methyl sites for hydroxylation is 2. The summed E-state index contributed by atoms with van der Waals surface area (Å²) in [5.74, 6) is 1.79.